The number of piperidine rings is 1. The molecule has 2 aliphatic heterocycles. The lowest BCUT2D eigenvalue weighted by atomic mass is 9.88. The van der Waals surface area contributed by atoms with Crippen LogP contribution in [-0.4, -0.2) is 80.0 Å². The van der Waals surface area contributed by atoms with Gasteiger partial charge in [-0.1, -0.05) is 19.3 Å². The van der Waals surface area contributed by atoms with Crippen LogP contribution in [0.2, 0.25) is 0 Å². The molecule has 138 valence electrons. The van der Waals surface area contributed by atoms with Gasteiger partial charge in [0.2, 0.25) is 15.9 Å². The minimum Gasteiger partial charge on any atom is -0.341 e. The van der Waals surface area contributed by atoms with E-state index < -0.39 is 15.3 Å². The number of hydrogen-bond donors (Lipinski definition) is 0. The summed E-state index contributed by atoms with van der Waals surface area (Å²) in [7, 11) is -0.133. The molecule has 2 heterocycles. The van der Waals surface area contributed by atoms with Gasteiger partial charge in [0.05, 0.1) is 11.2 Å². The van der Waals surface area contributed by atoms with Crippen molar-refractivity contribution in [3.8, 4) is 0 Å². The number of hydrogen-bond acceptors (Lipinski definition) is 4. The van der Waals surface area contributed by atoms with E-state index in [0.717, 1.165) is 19.5 Å². The molecule has 7 heteroatoms. The van der Waals surface area contributed by atoms with Gasteiger partial charge in [-0.15, -0.1) is 0 Å². The molecule has 0 aromatic rings. The van der Waals surface area contributed by atoms with Crippen LogP contribution < -0.4 is 0 Å². The summed E-state index contributed by atoms with van der Waals surface area (Å²) >= 11 is 0. The van der Waals surface area contributed by atoms with Crippen LogP contribution in [0.5, 0.6) is 0 Å². The third-order valence-corrected chi connectivity index (χ3v) is 8.22. The standard InChI is InChI=1S/C17H31N3O3S/c1-18(2)24(22,23)16-9-6-10-19(13-16)17(21)14-11-20(12-14)15-7-4-3-5-8-15/h14-16H,3-13H2,1-2H3. The number of amides is 1. The monoisotopic (exact) mass is 357 g/mol. The molecule has 0 N–H and O–H groups in total. The Balaban J connectivity index is 1.52. The summed E-state index contributed by atoms with van der Waals surface area (Å²) < 4.78 is 26.0. The summed E-state index contributed by atoms with van der Waals surface area (Å²) in [6.45, 7) is 2.80. The summed E-state index contributed by atoms with van der Waals surface area (Å²) in [6.07, 6.45) is 7.96. The first kappa shape index (κ1) is 18.1. The summed E-state index contributed by atoms with van der Waals surface area (Å²) in [4.78, 5) is 17.0. The van der Waals surface area contributed by atoms with E-state index in [0.29, 0.717) is 25.6 Å². The average molecular weight is 358 g/mol. The SMILES string of the molecule is CN(C)S(=O)(=O)C1CCCN(C(=O)C2CN(C3CCCCC3)C2)C1. The fourth-order valence-corrected chi connectivity index (χ4v) is 5.78. The van der Waals surface area contributed by atoms with Gasteiger partial charge in [-0.2, -0.15) is 0 Å². The van der Waals surface area contributed by atoms with E-state index in [1.54, 1.807) is 19.0 Å². The van der Waals surface area contributed by atoms with E-state index in [2.05, 4.69) is 4.90 Å². The number of likely N-dealkylation sites (tertiary alicyclic amines) is 2. The fourth-order valence-electron chi connectivity index (χ4n) is 4.35. The van der Waals surface area contributed by atoms with Gasteiger partial charge in [0.25, 0.3) is 0 Å². The number of carbonyl (C=O) groups excluding carboxylic acids is 1. The Labute approximate surface area is 146 Å². The van der Waals surface area contributed by atoms with Crippen LogP contribution in [-0.2, 0) is 14.8 Å². The molecule has 0 spiro atoms. The van der Waals surface area contributed by atoms with Crippen LogP contribution in [0.1, 0.15) is 44.9 Å². The zero-order valence-corrected chi connectivity index (χ0v) is 15.8. The molecule has 1 amide bonds. The summed E-state index contributed by atoms with van der Waals surface area (Å²) in [6, 6.07) is 0.672. The Kier molecular flexibility index (Phi) is 5.52. The van der Waals surface area contributed by atoms with Crippen LogP contribution in [0.25, 0.3) is 0 Å². The highest BCUT2D eigenvalue weighted by molar-refractivity contribution is 7.89. The lowest BCUT2D eigenvalue weighted by molar-refractivity contribution is -0.143. The van der Waals surface area contributed by atoms with Gasteiger partial charge >= 0.3 is 0 Å². The topological polar surface area (TPSA) is 60.9 Å². The zero-order chi connectivity index (χ0) is 17.3. The van der Waals surface area contributed by atoms with Crippen molar-refractivity contribution < 1.29 is 13.2 Å². The number of sulfonamides is 1. The van der Waals surface area contributed by atoms with Gasteiger partial charge in [-0.3, -0.25) is 9.69 Å². The molecule has 24 heavy (non-hydrogen) atoms. The summed E-state index contributed by atoms with van der Waals surface area (Å²) in [5.74, 6) is 0.244. The quantitative estimate of drug-likeness (QED) is 0.757. The van der Waals surface area contributed by atoms with E-state index in [9.17, 15) is 13.2 Å². The minimum absolute atomic E-state index is 0.0766. The average Bonchev–Trinajstić information content (AvgIpc) is 2.54. The molecule has 6 nitrogen and oxygen atoms in total. The molecular formula is C17H31N3O3S. The molecule has 3 rings (SSSR count). The lowest BCUT2D eigenvalue weighted by Gasteiger charge is -2.47. The van der Waals surface area contributed by atoms with Gasteiger partial charge in [0.15, 0.2) is 0 Å². The molecule has 1 unspecified atom stereocenters. The molecule has 1 aliphatic carbocycles. The van der Waals surface area contributed by atoms with Crippen LogP contribution >= 0.6 is 0 Å². The second kappa shape index (κ2) is 7.30. The minimum atomic E-state index is -3.28. The van der Waals surface area contributed by atoms with E-state index in [-0.39, 0.29) is 11.8 Å². The van der Waals surface area contributed by atoms with Crippen LogP contribution in [0, 0.1) is 5.92 Å². The smallest absolute Gasteiger partial charge is 0.228 e. The Bertz CT molecular complexity index is 551. The first-order chi connectivity index (χ1) is 11.4. The van der Waals surface area contributed by atoms with Crippen molar-refractivity contribution in [2.24, 2.45) is 5.92 Å². The van der Waals surface area contributed by atoms with Crippen molar-refractivity contribution in [3.63, 3.8) is 0 Å². The van der Waals surface area contributed by atoms with Crippen LogP contribution in [0.15, 0.2) is 0 Å². The Morgan fingerprint density at radius 2 is 1.62 bits per heavy atom. The third kappa shape index (κ3) is 3.63. The normalized spacial score (nSPS) is 28.1. The Morgan fingerprint density at radius 3 is 2.25 bits per heavy atom. The van der Waals surface area contributed by atoms with Crippen molar-refractivity contribution >= 4 is 15.9 Å². The van der Waals surface area contributed by atoms with Gasteiger partial charge in [-0.25, -0.2) is 12.7 Å². The molecule has 1 saturated carbocycles. The van der Waals surface area contributed by atoms with E-state index in [4.69, 9.17) is 0 Å². The predicted octanol–water partition coefficient (Wildman–Crippen LogP) is 1.13. The predicted molar refractivity (Wildman–Crippen MR) is 94.1 cm³/mol. The van der Waals surface area contributed by atoms with Gasteiger partial charge in [-0.05, 0) is 25.7 Å². The zero-order valence-electron chi connectivity index (χ0n) is 15.0. The Hall–Kier alpha value is -0.660. The molecule has 2 saturated heterocycles. The molecule has 0 aromatic heterocycles. The molecule has 0 radical (unpaired) electrons. The van der Waals surface area contributed by atoms with Crippen LogP contribution in [0.3, 0.4) is 0 Å². The summed E-state index contributed by atoms with van der Waals surface area (Å²) in [5.41, 5.74) is 0. The molecule has 3 fully saturated rings. The highest BCUT2D eigenvalue weighted by Crippen LogP contribution is 2.30. The molecule has 0 aromatic carbocycles. The summed E-state index contributed by atoms with van der Waals surface area (Å²) in [5, 5.41) is -0.445. The van der Waals surface area contributed by atoms with E-state index >= 15 is 0 Å². The van der Waals surface area contributed by atoms with Crippen molar-refractivity contribution in [1.29, 1.82) is 0 Å². The fraction of sp³-hybridized carbons (Fsp3) is 0.941. The number of rotatable bonds is 4. The number of nitrogens with zero attached hydrogens (tertiary/aromatic N) is 3. The van der Waals surface area contributed by atoms with Crippen molar-refractivity contribution in [2.75, 3.05) is 40.3 Å². The van der Waals surface area contributed by atoms with Crippen molar-refractivity contribution in [2.45, 2.75) is 56.2 Å². The second-order valence-electron chi connectivity index (χ2n) is 7.82. The van der Waals surface area contributed by atoms with Crippen LogP contribution in [0.4, 0.5) is 0 Å². The molecule has 1 atom stereocenters. The van der Waals surface area contributed by atoms with Gasteiger partial charge in [0.1, 0.15) is 0 Å². The molecular weight excluding hydrogens is 326 g/mol. The second-order valence-corrected chi connectivity index (χ2v) is 10.2. The maximum atomic E-state index is 12.7. The largest absolute Gasteiger partial charge is 0.341 e. The van der Waals surface area contributed by atoms with Gasteiger partial charge < -0.3 is 4.90 Å². The maximum absolute atomic E-state index is 12.7. The third-order valence-electron chi connectivity index (χ3n) is 5.97. The number of carbonyl (C=O) groups is 1. The first-order valence-corrected chi connectivity index (χ1v) is 10.8. The maximum Gasteiger partial charge on any atom is 0.228 e. The van der Waals surface area contributed by atoms with Gasteiger partial charge in [0, 0.05) is 46.3 Å². The molecule has 3 aliphatic rings. The van der Waals surface area contributed by atoms with Crippen molar-refractivity contribution in [1.82, 2.24) is 14.1 Å². The van der Waals surface area contributed by atoms with E-state index in [1.807, 2.05) is 0 Å². The highest BCUT2D eigenvalue weighted by Gasteiger charge is 2.41. The van der Waals surface area contributed by atoms with Crippen molar-refractivity contribution in [3.05, 3.63) is 0 Å². The Morgan fingerprint density at radius 1 is 0.958 bits per heavy atom. The molecule has 0 bridgehead atoms. The van der Waals surface area contributed by atoms with E-state index in [1.165, 1.54) is 36.4 Å². The first-order valence-electron chi connectivity index (χ1n) is 9.34. The lowest BCUT2D eigenvalue weighted by Crippen LogP contribution is -2.59. The highest BCUT2D eigenvalue weighted by atomic mass is 32.2.